The molecule has 0 saturated heterocycles. The molecule has 3 aromatic rings. The maximum Gasteiger partial charge on any atom is 0.259 e. The molecule has 28 heavy (non-hydrogen) atoms. The summed E-state index contributed by atoms with van der Waals surface area (Å²) in [6, 6.07) is 17.3. The van der Waals surface area contributed by atoms with Gasteiger partial charge in [0.05, 0.1) is 42.6 Å². The van der Waals surface area contributed by atoms with Gasteiger partial charge in [-0.1, -0.05) is 30.3 Å². The lowest BCUT2D eigenvalue weighted by Crippen LogP contribution is -2.26. The minimum Gasteiger partial charge on any atom is -0.495 e. The van der Waals surface area contributed by atoms with Gasteiger partial charge in [0.15, 0.2) is 0 Å². The number of rotatable bonds is 7. The van der Waals surface area contributed by atoms with E-state index in [4.69, 9.17) is 4.74 Å². The molecule has 0 aliphatic carbocycles. The van der Waals surface area contributed by atoms with Crippen LogP contribution in [0.2, 0.25) is 0 Å². The molecule has 144 valence electrons. The van der Waals surface area contributed by atoms with Crippen LogP contribution >= 0.6 is 0 Å². The van der Waals surface area contributed by atoms with Crippen LogP contribution in [0.3, 0.4) is 0 Å². The summed E-state index contributed by atoms with van der Waals surface area (Å²) < 4.78 is 7.11. The van der Waals surface area contributed by atoms with Gasteiger partial charge in [-0.25, -0.2) is 10.1 Å². The van der Waals surface area contributed by atoms with Gasteiger partial charge in [-0.05, 0) is 38.1 Å². The van der Waals surface area contributed by atoms with E-state index in [0.29, 0.717) is 5.75 Å². The fraction of sp³-hybridized carbons (Fsp3) is 0.190. The molecule has 0 saturated carbocycles. The fourth-order valence-electron chi connectivity index (χ4n) is 2.84. The number of hydrazone groups is 1. The highest BCUT2D eigenvalue weighted by Gasteiger charge is 2.11. The topological polar surface area (TPSA) is 80.5 Å². The van der Waals surface area contributed by atoms with Crippen molar-refractivity contribution in [1.29, 1.82) is 0 Å². The first-order chi connectivity index (χ1) is 13.6. The summed E-state index contributed by atoms with van der Waals surface area (Å²) in [7, 11) is 1.59. The summed E-state index contributed by atoms with van der Waals surface area (Å²) in [4.78, 5) is 12.1. The second-order valence-electron chi connectivity index (χ2n) is 6.18. The van der Waals surface area contributed by atoms with Gasteiger partial charge >= 0.3 is 0 Å². The molecule has 0 bridgehead atoms. The van der Waals surface area contributed by atoms with E-state index in [1.165, 1.54) is 0 Å². The summed E-state index contributed by atoms with van der Waals surface area (Å²) in [5, 5.41) is 11.7. The van der Waals surface area contributed by atoms with Gasteiger partial charge in [-0.3, -0.25) is 4.79 Å². The van der Waals surface area contributed by atoms with Crippen LogP contribution in [0.25, 0.3) is 5.69 Å². The number of carbonyl (C=O) groups excluding carboxylic acids is 1. The Labute approximate surface area is 164 Å². The average molecular weight is 377 g/mol. The van der Waals surface area contributed by atoms with E-state index in [1.54, 1.807) is 13.3 Å². The maximum absolute atomic E-state index is 12.1. The Kier molecular flexibility index (Phi) is 6.06. The number of nitrogens with one attached hydrogen (secondary N) is 2. The van der Waals surface area contributed by atoms with Crippen molar-refractivity contribution in [2.45, 2.75) is 13.8 Å². The highest BCUT2D eigenvalue weighted by atomic mass is 16.5. The van der Waals surface area contributed by atoms with Crippen LogP contribution < -0.4 is 15.5 Å². The number of hydrogen-bond donors (Lipinski definition) is 2. The van der Waals surface area contributed by atoms with Crippen molar-refractivity contribution in [1.82, 2.24) is 15.2 Å². The Morgan fingerprint density at radius 2 is 1.86 bits per heavy atom. The molecule has 1 heterocycles. The number of anilines is 1. The molecule has 0 aliphatic heterocycles. The normalized spacial score (nSPS) is 10.8. The maximum atomic E-state index is 12.1. The molecular weight excluding hydrogens is 354 g/mol. The summed E-state index contributed by atoms with van der Waals surface area (Å²) in [6.07, 6.45) is 1.62. The van der Waals surface area contributed by atoms with E-state index in [2.05, 4.69) is 20.9 Å². The lowest BCUT2D eigenvalue weighted by molar-refractivity contribution is -0.119. The van der Waals surface area contributed by atoms with Crippen LogP contribution in [0, 0.1) is 13.8 Å². The summed E-state index contributed by atoms with van der Waals surface area (Å²) in [5.74, 6) is 0.422. The van der Waals surface area contributed by atoms with Crippen molar-refractivity contribution in [3.8, 4) is 11.4 Å². The van der Waals surface area contributed by atoms with E-state index in [9.17, 15) is 4.79 Å². The number of nitrogens with zero attached hydrogens (tertiary/aromatic N) is 3. The SMILES string of the molecule is COc1ccccc1NCC(=O)N/N=C\c1c(C)nn(-c2ccccc2)c1C. The molecule has 2 N–H and O–H groups in total. The predicted molar refractivity (Wildman–Crippen MR) is 110 cm³/mol. The van der Waals surface area contributed by atoms with Crippen molar-refractivity contribution in [2.24, 2.45) is 5.10 Å². The number of aromatic nitrogens is 2. The molecule has 7 heteroatoms. The van der Waals surface area contributed by atoms with E-state index in [-0.39, 0.29) is 12.5 Å². The number of aryl methyl sites for hydroxylation is 1. The van der Waals surface area contributed by atoms with E-state index in [0.717, 1.165) is 28.3 Å². The van der Waals surface area contributed by atoms with Gasteiger partial charge in [-0.2, -0.15) is 10.2 Å². The van der Waals surface area contributed by atoms with E-state index in [1.807, 2.05) is 73.1 Å². The molecule has 7 nitrogen and oxygen atoms in total. The standard InChI is InChI=1S/C21H23N5O2/c1-15-18(16(2)26(25-15)17-9-5-4-6-10-17)13-23-24-21(27)14-22-19-11-7-8-12-20(19)28-3/h4-13,22H,14H2,1-3H3,(H,24,27)/b23-13-. The van der Waals surface area contributed by atoms with Gasteiger partial charge in [0.1, 0.15) is 5.75 Å². The number of benzene rings is 2. The Hall–Kier alpha value is -3.61. The molecular formula is C21H23N5O2. The average Bonchev–Trinajstić information content (AvgIpc) is 3.01. The lowest BCUT2D eigenvalue weighted by Gasteiger charge is -2.09. The first-order valence-corrected chi connectivity index (χ1v) is 8.90. The lowest BCUT2D eigenvalue weighted by atomic mass is 10.2. The molecule has 1 amide bonds. The minimum atomic E-state index is -0.257. The smallest absolute Gasteiger partial charge is 0.259 e. The van der Waals surface area contributed by atoms with Crippen molar-refractivity contribution >= 4 is 17.8 Å². The fourth-order valence-corrected chi connectivity index (χ4v) is 2.84. The summed E-state index contributed by atoms with van der Waals surface area (Å²) in [5.41, 5.74) is 6.93. The molecule has 2 aromatic carbocycles. The molecule has 0 aliphatic rings. The van der Waals surface area contributed by atoms with Crippen LogP contribution in [0.1, 0.15) is 17.0 Å². The van der Waals surface area contributed by atoms with Crippen molar-refractivity contribution in [3.63, 3.8) is 0 Å². The highest BCUT2D eigenvalue weighted by molar-refractivity contribution is 5.86. The van der Waals surface area contributed by atoms with Crippen LogP contribution in [0.5, 0.6) is 5.75 Å². The molecule has 0 unspecified atom stereocenters. The van der Waals surface area contributed by atoms with Gasteiger partial charge in [0.25, 0.3) is 5.91 Å². The first kappa shape index (κ1) is 19.2. The molecule has 0 atom stereocenters. The third-order valence-corrected chi connectivity index (χ3v) is 4.28. The van der Waals surface area contributed by atoms with Crippen LogP contribution in [0.15, 0.2) is 59.7 Å². The number of methoxy groups -OCH3 is 1. The number of amides is 1. The number of hydrogen-bond acceptors (Lipinski definition) is 5. The summed E-state index contributed by atoms with van der Waals surface area (Å²) >= 11 is 0. The van der Waals surface area contributed by atoms with Gasteiger partial charge in [0, 0.05) is 5.56 Å². The minimum absolute atomic E-state index is 0.0823. The van der Waals surface area contributed by atoms with Crippen LogP contribution in [-0.2, 0) is 4.79 Å². The van der Waals surface area contributed by atoms with Crippen molar-refractivity contribution in [3.05, 3.63) is 71.5 Å². The second-order valence-corrected chi connectivity index (χ2v) is 6.18. The molecule has 0 radical (unpaired) electrons. The van der Waals surface area contributed by atoms with Crippen molar-refractivity contribution in [2.75, 3.05) is 19.0 Å². The summed E-state index contributed by atoms with van der Waals surface area (Å²) in [6.45, 7) is 3.97. The Balaban J connectivity index is 1.62. The van der Waals surface area contributed by atoms with Crippen LogP contribution in [0.4, 0.5) is 5.69 Å². The predicted octanol–water partition coefficient (Wildman–Crippen LogP) is 3.06. The van der Waals surface area contributed by atoms with Crippen molar-refractivity contribution < 1.29 is 9.53 Å². The van der Waals surface area contributed by atoms with Gasteiger partial charge in [0.2, 0.25) is 0 Å². The largest absolute Gasteiger partial charge is 0.495 e. The Morgan fingerprint density at radius 3 is 2.61 bits per heavy atom. The quantitative estimate of drug-likeness (QED) is 0.490. The van der Waals surface area contributed by atoms with E-state index < -0.39 is 0 Å². The third-order valence-electron chi connectivity index (χ3n) is 4.28. The zero-order valence-corrected chi connectivity index (χ0v) is 16.1. The molecule has 0 fully saturated rings. The highest BCUT2D eigenvalue weighted by Crippen LogP contribution is 2.22. The van der Waals surface area contributed by atoms with Gasteiger partial charge in [-0.15, -0.1) is 0 Å². The second kappa shape index (κ2) is 8.85. The first-order valence-electron chi connectivity index (χ1n) is 8.90. The molecule has 0 spiro atoms. The Bertz CT molecular complexity index is 980. The zero-order chi connectivity index (χ0) is 19.9. The molecule has 1 aromatic heterocycles. The van der Waals surface area contributed by atoms with Crippen LogP contribution in [-0.4, -0.2) is 35.6 Å². The van der Waals surface area contributed by atoms with E-state index >= 15 is 0 Å². The zero-order valence-electron chi connectivity index (χ0n) is 16.1. The number of carbonyl (C=O) groups is 1. The number of ether oxygens (including phenoxy) is 1. The third kappa shape index (κ3) is 4.37. The van der Waals surface area contributed by atoms with Gasteiger partial charge < -0.3 is 10.1 Å². The number of para-hydroxylation sites is 3. The molecule has 3 rings (SSSR count). The Morgan fingerprint density at radius 1 is 1.14 bits per heavy atom. The monoisotopic (exact) mass is 377 g/mol.